The van der Waals surface area contributed by atoms with Crippen molar-refractivity contribution < 1.29 is 13.2 Å². The third-order valence-corrected chi connectivity index (χ3v) is 8.18. The molecule has 3 aromatic rings. The molecule has 0 bridgehead atoms. The molecule has 1 fully saturated rings. The molecule has 1 amide bonds. The smallest absolute Gasteiger partial charge is 0.255 e. The molecule has 2 aromatic heterocycles. The first-order valence-electron chi connectivity index (χ1n) is 9.45. The van der Waals surface area contributed by atoms with Gasteiger partial charge in [-0.15, -0.1) is 11.3 Å². The summed E-state index contributed by atoms with van der Waals surface area (Å²) in [5.74, 6) is 0.638. The lowest BCUT2D eigenvalue weighted by Crippen LogP contribution is -2.49. The highest BCUT2D eigenvalue weighted by Crippen LogP contribution is 2.28. The third-order valence-electron chi connectivity index (χ3n) is 5.15. The van der Waals surface area contributed by atoms with Crippen molar-refractivity contribution in [1.29, 1.82) is 0 Å². The van der Waals surface area contributed by atoms with Gasteiger partial charge in [0.15, 0.2) is 9.84 Å². The van der Waals surface area contributed by atoms with Crippen LogP contribution in [0.2, 0.25) is 0 Å². The quantitative estimate of drug-likeness (QED) is 0.633. The average Bonchev–Trinajstić information content (AvgIpc) is 3.22. The standard InChI is InChI=1S/C20H22N4O3S2/c1-14(2)29(26,27)17-6-4-3-5-15(17)20(25)24-10-8-23(9-11-24)18-16-7-12-28-19(16)22-13-21-18/h3-7,12-14H,8-11H2,1-2H3. The number of sulfone groups is 1. The monoisotopic (exact) mass is 430 g/mol. The van der Waals surface area contributed by atoms with E-state index in [0.717, 1.165) is 16.0 Å². The van der Waals surface area contributed by atoms with Crippen molar-refractivity contribution in [3.8, 4) is 0 Å². The summed E-state index contributed by atoms with van der Waals surface area (Å²) < 4.78 is 25.4. The number of amides is 1. The van der Waals surface area contributed by atoms with E-state index in [-0.39, 0.29) is 16.4 Å². The van der Waals surface area contributed by atoms with Gasteiger partial charge in [0.25, 0.3) is 5.91 Å². The van der Waals surface area contributed by atoms with E-state index in [2.05, 4.69) is 14.9 Å². The van der Waals surface area contributed by atoms with Gasteiger partial charge in [-0.2, -0.15) is 0 Å². The summed E-state index contributed by atoms with van der Waals surface area (Å²) >= 11 is 1.58. The van der Waals surface area contributed by atoms with Crippen LogP contribution < -0.4 is 4.90 Å². The number of nitrogens with zero attached hydrogens (tertiary/aromatic N) is 4. The minimum absolute atomic E-state index is 0.109. The Morgan fingerprint density at radius 2 is 1.79 bits per heavy atom. The molecule has 152 valence electrons. The summed E-state index contributed by atoms with van der Waals surface area (Å²) in [5.41, 5.74) is 0.247. The molecule has 1 saturated heterocycles. The second kappa shape index (κ2) is 7.72. The largest absolute Gasteiger partial charge is 0.352 e. The van der Waals surface area contributed by atoms with Gasteiger partial charge in [-0.25, -0.2) is 18.4 Å². The van der Waals surface area contributed by atoms with Crippen molar-refractivity contribution in [2.45, 2.75) is 24.0 Å². The minimum atomic E-state index is -3.54. The Hall–Kier alpha value is -2.52. The van der Waals surface area contributed by atoms with E-state index in [0.29, 0.717) is 26.2 Å². The molecule has 0 N–H and O–H groups in total. The minimum Gasteiger partial charge on any atom is -0.352 e. The SMILES string of the molecule is CC(C)S(=O)(=O)c1ccccc1C(=O)N1CCN(c2ncnc3sccc23)CC1. The number of piperazine rings is 1. The Balaban J connectivity index is 1.54. The molecule has 0 saturated carbocycles. The summed E-state index contributed by atoms with van der Waals surface area (Å²) in [5, 5.41) is 2.43. The highest BCUT2D eigenvalue weighted by molar-refractivity contribution is 7.92. The fourth-order valence-corrected chi connectivity index (χ4v) is 5.43. The lowest BCUT2D eigenvalue weighted by Gasteiger charge is -2.35. The van der Waals surface area contributed by atoms with Crippen molar-refractivity contribution in [1.82, 2.24) is 14.9 Å². The van der Waals surface area contributed by atoms with Gasteiger partial charge < -0.3 is 9.80 Å². The predicted molar refractivity (Wildman–Crippen MR) is 114 cm³/mol. The highest BCUT2D eigenvalue weighted by Gasteiger charge is 2.29. The molecule has 0 atom stereocenters. The summed E-state index contributed by atoms with van der Waals surface area (Å²) in [6, 6.07) is 8.50. The number of anilines is 1. The van der Waals surface area contributed by atoms with E-state index in [9.17, 15) is 13.2 Å². The van der Waals surface area contributed by atoms with Crippen molar-refractivity contribution in [3.05, 3.63) is 47.6 Å². The molecular weight excluding hydrogens is 408 g/mol. The topological polar surface area (TPSA) is 83.5 Å². The van der Waals surface area contributed by atoms with E-state index in [1.165, 1.54) is 6.07 Å². The zero-order chi connectivity index (χ0) is 20.6. The molecule has 0 radical (unpaired) electrons. The summed E-state index contributed by atoms with van der Waals surface area (Å²) in [7, 11) is -3.54. The molecule has 0 unspecified atom stereocenters. The van der Waals surface area contributed by atoms with Crippen LogP contribution in [0.5, 0.6) is 0 Å². The Bertz CT molecular complexity index is 1150. The van der Waals surface area contributed by atoms with Crippen LogP contribution >= 0.6 is 11.3 Å². The maximum Gasteiger partial charge on any atom is 0.255 e. The van der Waals surface area contributed by atoms with E-state index in [1.54, 1.807) is 54.6 Å². The summed E-state index contributed by atoms with van der Waals surface area (Å²) in [6.07, 6.45) is 1.57. The van der Waals surface area contributed by atoms with Crippen LogP contribution in [0.3, 0.4) is 0 Å². The number of aromatic nitrogens is 2. The zero-order valence-corrected chi connectivity index (χ0v) is 17.9. The Labute approximate surface area is 173 Å². The molecule has 1 aliphatic heterocycles. The fraction of sp³-hybridized carbons (Fsp3) is 0.350. The van der Waals surface area contributed by atoms with Crippen LogP contribution in [-0.2, 0) is 9.84 Å². The predicted octanol–water partition coefficient (Wildman–Crippen LogP) is 2.84. The molecule has 7 nitrogen and oxygen atoms in total. The number of hydrogen-bond acceptors (Lipinski definition) is 7. The van der Waals surface area contributed by atoms with Crippen LogP contribution in [0.4, 0.5) is 5.82 Å². The second-order valence-electron chi connectivity index (χ2n) is 7.21. The number of carbonyl (C=O) groups is 1. The number of thiophene rings is 1. The second-order valence-corrected chi connectivity index (χ2v) is 10.6. The van der Waals surface area contributed by atoms with Gasteiger partial charge >= 0.3 is 0 Å². The summed E-state index contributed by atoms with van der Waals surface area (Å²) in [6.45, 7) is 5.53. The van der Waals surface area contributed by atoms with Crippen molar-refractivity contribution in [2.24, 2.45) is 0 Å². The normalized spacial score (nSPS) is 15.3. The molecule has 3 heterocycles. The molecule has 1 aromatic carbocycles. The van der Waals surface area contributed by atoms with E-state index < -0.39 is 15.1 Å². The molecule has 4 rings (SSSR count). The number of rotatable bonds is 4. The van der Waals surface area contributed by atoms with Crippen molar-refractivity contribution >= 4 is 43.1 Å². The van der Waals surface area contributed by atoms with E-state index in [1.807, 2.05) is 11.4 Å². The maximum atomic E-state index is 13.1. The maximum absolute atomic E-state index is 13.1. The molecular formula is C20H22N4O3S2. The van der Waals surface area contributed by atoms with Crippen LogP contribution in [0.1, 0.15) is 24.2 Å². The van der Waals surface area contributed by atoms with Gasteiger partial charge in [-0.1, -0.05) is 12.1 Å². The van der Waals surface area contributed by atoms with Gasteiger partial charge in [0, 0.05) is 26.2 Å². The molecule has 0 aliphatic carbocycles. The van der Waals surface area contributed by atoms with Crippen LogP contribution in [0.25, 0.3) is 10.2 Å². The van der Waals surface area contributed by atoms with Crippen LogP contribution in [0, 0.1) is 0 Å². The van der Waals surface area contributed by atoms with Gasteiger partial charge in [-0.3, -0.25) is 4.79 Å². The number of benzene rings is 1. The number of fused-ring (bicyclic) bond motifs is 1. The average molecular weight is 431 g/mol. The lowest BCUT2D eigenvalue weighted by atomic mass is 10.1. The zero-order valence-electron chi connectivity index (χ0n) is 16.3. The molecule has 1 aliphatic rings. The first-order chi connectivity index (χ1) is 13.9. The first kappa shape index (κ1) is 19.8. The molecule has 29 heavy (non-hydrogen) atoms. The van der Waals surface area contributed by atoms with Crippen molar-refractivity contribution in [3.63, 3.8) is 0 Å². The van der Waals surface area contributed by atoms with Gasteiger partial charge in [0.1, 0.15) is 17.0 Å². The Kier molecular flexibility index (Phi) is 5.26. The number of hydrogen-bond donors (Lipinski definition) is 0. The lowest BCUT2D eigenvalue weighted by molar-refractivity contribution is 0.0742. The number of carbonyl (C=O) groups excluding carboxylic acids is 1. The van der Waals surface area contributed by atoms with Crippen LogP contribution in [0.15, 0.2) is 46.9 Å². The Morgan fingerprint density at radius 1 is 1.07 bits per heavy atom. The highest BCUT2D eigenvalue weighted by atomic mass is 32.2. The van der Waals surface area contributed by atoms with Gasteiger partial charge in [0.05, 0.1) is 21.1 Å². The first-order valence-corrected chi connectivity index (χ1v) is 11.9. The molecule has 9 heteroatoms. The van der Waals surface area contributed by atoms with Crippen molar-refractivity contribution in [2.75, 3.05) is 31.1 Å². The fourth-order valence-electron chi connectivity index (χ4n) is 3.47. The van der Waals surface area contributed by atoms with Gasteiger partial charge in [-0.05, 0) is 37.4 Å². The van der Waals surface area contributed by atoms with Gasteiger partial charge in [0.2, 0.25) is 0 Å². The van der Waals surface area contributed by atoms with E-state index >= 15 is 0 Å². The summed E-state index contributed by atoms with van der Waals surface area (Å²) in [4.78, 5) is 26.8. The third kappa shape index (κ3) is 3.60. The molecule has 0 spiro atoms. The van der Waals surface area contributed by atoms with E-state index in [4.69, 9.17) is 0 Å². The Morgan fingerprint density at radius 3 is 2.52 bits per heavy atom. The van der Waals surface area contributed by atoms with Crippen LogP contribution in [-0.4, -0.2) is 60.6 Å².